The lowest BCUT2D eigenvalue weighted by Gasteiger charge is -2.23. The van der Waals surface area contributed by atoms with E-state index in [0.717, 1.165) is 46.6 Å². The van der Waals surface area contributed by atoms with Crippen molar-refractivity contribution in [1.82, 2.24) is 15.3 Å². The molecule has 1 heterocycles. The second-order valence-electron chi connectivity index (χ2n) is 6.45. The Bertz CT molecular complexity index is 777. The Kier molecular flexibility index (Phi) is 8.73. The molecule has 0 aliphatic carbocycles. The summed E-state index contributed by atoms with van der Waals surface area (Å²) in [4.78, 5) is 23.7. The number of nitrogens with one attached hydrogen (secondary N) is 1. The highest BCUT2D eigenvalue weighted by molar-refractivity contribution is 7.98. The molecule has 0 spiro atoms. The summed E-state index contributed by atoms with van der Waals surface area (Å²) in [5, 5.41) is 3.61. The maximum Gasteiger partial charge on any atom is 0.251 e. The van der Waals surface area contributed by atoms with Gasteiger partial charge in [-0.1, -0.05) is 23.9 Å². The molecule has 1 N–H and O–H groups in total. The van der Waals surface area contributed by atoms with Gasteiger partial charge in [0.25, 0.3) is 5.91 Å². The van der Waals surface area contributed by atoms with Crippen molar-refractivity contribution >= 4 is 23.5 Å². The number of aromatic nitrogens is 2. The van der Waals surface area contributed by atoms with Gasteiger partial charge in [0.15, 0.2) is 5.16 Å². The molecule has 0 fully saturated rings. The molecule has 2 aromatic rings. The van der Waals surface area contributed by atoms with Crippen molar-refractivity contribution < 1.29 is 9.53 Å². The fourth-order valence-corrected chi connectivity index (χ4v) is 3.59. The average Bonchev–Trinajstić information content (AvgIpc) is 2.71. The number of benzene rings is 1. The first-order valence-corrected chi connectivity index (χ1v) is 10.6. The molecule has 6 nitrogen and oxygen atoms in total. The van der Waals surface area contributed by atoms with Crippen molar-refractivity contribution in [2.45, 2.75) is 38.6 Å². The molecule has 28 heavy (non-hydrogen) atoms. The molecular weight excluding hydrogens is 372 g/mol. The van der Waals surface area contributed by atoms with Crippen LogP contribution in [0.5, 0.6) is 0 Å². The van der Waals surface area contributed by atoms with Crippen LogP contribution in [-0.4, -0.2) is 49.2 Å². The lowest BCUT2D eigenvalue weighted by Crippen LogP contribution is -2.26. The van der Waals surface area contributed by atoms with Crippen LogP contribution >= 0.6 is 11.8 Å². The number of hydrogen-bond donors (Lipinski definition) is 1. The predicted octanol–water partition coefficient (Wildman–Crippen LogP) is 3.61. The first-order valence-electron chi connectivity index (χ1n) is 9.59. The smallest absolute Gasteiger partial charge is 0.251 e. The van der Waals surface area contributed by atoms with E-state index in [4.69, 9.17) is 9.72 Å². The van der Waals surface area contributed by atoms with Crippen LogP contribution in [0.25, 0.3) is 0 Å². The van der Waals surface area contributed by atoms with Gasteiger partial charge in [-0.25, -0.2) is 9.97 Å². The predicted molar refractivity (Wildman–Crippen MR) is 115 cm³/mol. The molecule has 7 heteroatoms. The van der Waals surface area contributed by atoms with Gasteiger partial charge in [-0.05, 0) is 45.4 Å². The third-order valence-electron chi connectivity index (χ3n) is 4.58. The lowest BCUT2D eigenvalue weighted by atomic mass is 10.1. The first-order chi connectivity index (χ1) is 13.5. The number of anilines is 1. The molecule has 1 amide bonds. The number of carbonyl (C=O) groups is 1. The van der Waals surface area contributed by atoms with Crippen LogP contribution in [0.2, 0.25) is 0 Å². The minimum absolute atomic E-state index is 0.0855. The van der Waals surface area contributed by atoms with E-state index in [1.807, 2.05) is 31.2 Å². The Hall–Kier alpha value is -2.12. The third-order valence-corrected chi connectivity index (χ3v) is 5.50. The molecule has 1 aromatic heterocycles. The Morgan fingerprint density at radius 1 is 1.14 bits per heavy atom. The molecule has 0 unspecified atom stereocenters. The highest BCUT2D eigenvalue weighted by Crippen LogP contribution is 2.26. The van der Waals surface area contributed by atoms with Crippen LogP contribution in [0.3, 0.4) is 0 Å². The van der Waals surface area contributed by atoms with Gasteiger partial charge in [0, 0.05) is 49.3 Å². The van der Waals surface area contributed by atoms with Gasteiger partial charge in [0.05, 0.1) is 6.61 Å². The molecule has 0 atom stereocenters. The topological polar surface area (TPSA) is 67.4 Å². The molecule has 0 radical (unpaired) electrons. The molecule has 0 aliphatic heterocycles. The number of methoxy groups -OCH3 is 1. The third kappa shape index (κ3) is 5.94. The number of aryl methyl sites for hydroxylation is 1. The fourth-order valence-electron chi connectivity index (χ4n) is 2.75. The molecule has 152 valence electrons. The van der Waals surface area contributed by atoms with Crippen molar-refractivity contribution in [2.75, 3.05) is 38.3 Å². The number of nitrogens with zero attached hydrogens (tertiary/aromatic N) is 3. The van der Waals surface area contributed by atoms with E-state index in [-0.39, 0.29) is 5.91 Å². The molecule has 2 rings (SSSR count). The molecule has 0 saturated carbocycles. The fraction of sp³-hybridized carbons (Fsp3) is 0.476. The summed E-state index contributed by atoms with van der Waals surface area (Å²) in [5.41, 5.74) is 3.93. The van der Waals surface area contributed by atoms with Crippen molar-refractivity contribution in [2.24, 2.45) is 0 Å². The summed E-state index contributed by atoms with van der Waals surface area (Å²) < 4.78 is 4.94. The summed E-state index contributed by atoms with van der Waals surface area (Å²) in [7, 11) is 1.61. The normalized spacial score (nSPS) is 10.8. The monoisotopic (exact) mass is 402 g/mol. The second kappa shape index (κ2) is 11.0. The second-order valence-corrected chi connectivity index (χ2v) is 7.39. The Morgan fingerprint density at radius 3 is 2.43 bits per heavy atom. The van der Waals surface area contributed by atoms with Gasteiger partial charge < -0.3 is 15.0 Å². The van der Waals surface area contributed by atoms with E-state index in [2.05, 4.69) is 36.0 Å². The van der Waals surface area contributed by atoms with Crippen molar-refractivity contribution in [3.63, 3.8) is 0 Å². The Labute approximate surface area is 172 Å². The largest absolute Gasteiger partial charge is 0.383 e. The highest BCUT2D eigenvalue weighted by Gasteiger charge is 2.13. The quantitative estimate of drug-likeness (QED) is 0.372. The molecule has 0 aliphatic rings. The van der Waals surface area contributed by atoms with Gasteiger partial charge in [0.2, 0.25) is 0 Å². The summed E-state index contributed by atoms with van der Waals surface area (Å²) >= 11 is 1.61. The number of amides is 1. The van der Waals surface area contributed by atoms with Crippen LogP contribution in [0.4, 0.5) is 5.82 Å². The van der Waals surface area contributed by atoms with Gasteiger partial charge in [-0.15, -0.1) is 0 Å². The number of thioether (sulfide) groups is 1. The molecule has 1 aromatic carbocycles. The summed E-state index contributed by atoms with van der Waals surface area (Å²) in [6.07, 6.45) is 0. The van der Waals surface area contributed by atoms with Crippen LogP contribution in [0, 0.1) is 13.8 Å². The maximum atomic E-state index is 12.0. The van der Waals surface area contributed by atoms with Crippen molar-refractivity contribution in [1.29, 1.82) is 0 Å². The van der Waals surface area contributed by atoms with Gasteiger partial charge >= 0.3 is 0 Å². The van der Waals surface area contributed by atoms with Crippen LogP contribution in [-0.2, 0) is 10.5 Å². The van der Waals surface area contributed by atoms with Crippen LogP contribution in [0.1, 0.15) is 41.0 Å². The first kappa shape index (κ1) is 22.2. The van der Waals surface area contributed by atoms with Gasteiger partial charge in [0.1, 0.15) is 5.82 Å². The Balaban J connectivity index is 2.03. The zero-order chi connectivity index (χ0) is 20.5. The molecule has 0 bridgehead atoms. The summed E-state index contributed by atoms with van der Waals surface area (Å²) in [6.45, 7) is 11.2. The average molecular weight is 403 g/mol. The maximum absolute atomic E-state index is 12.0. The number of hydrogen-bond acceptors (Lipinski definition) is 6. The number of rotatable bonds is 10. The highest BCUT2D eigenvalue weighted by atomic mass is 32.2. The zero-order valence-electron chi connectivity index (χ0n) is 17.4. The Morgan fingerprint density at radius 2 is 1.82 bits per heavy atom. The standard InChI is InChI=1S/C21H30N4O2S/c1-6-25(7-2)19-15(3)16(4)23-21(24-19)28-14-17-8-10-18(11-9-17)20(26)22-12-13-27-5/h8-11H,6-7,12-14H2,1-5H3,(H,22,26). The number of ether oxygens (including phenoxy) is 1. The van der Waals surface area contributed by atoms with Crippen molar-refractivity contribution in [3.05, 3.63) is 46.6 Å². The van der Waals surface area contributed by atoms with Crippen LogP contribution in [0.15, 0.2) is 29.4 Å². The van der Waals surface area contributed by atoms with E-state index in [1.165, 1.54) is 0 Å². The lowest BCUT2D eigenvalue weighted by molar-refractivity contribution is 0.0937. The van der Waals surface area contributed by atoms with Crippen LogP contribution < -0.4 is 10.2 Å². The minimum Gasteiger partial charge on any atom is -0.383 e. The zero-order valence-corrected chi connectivity index (χ0v) is 18.2. The van der Waals surface area contributed by atoms with Gasteiger partial charge in [-0.3, -0.25) is 4.79 Å². The molecular formula is C21H30N4O2S. The van der Waals surface area contributed by atoms with E-state index >= 15 is 0 Å². The summed E-state index contributed by atoms with van der Waals surface area (Å²) in [5.74, 6) is 1.69. The van der Waals surface area contributed by atoms with E-state index in [0.29, 0.717) is 18.7 Å². The SMILES string of the molecule is CCN(CC)c1nc(SCc2ccc(C(=O)NCCOC)cc2)nc(C)c1C. The molecule has 0 saturated heterocycles. The van der Waals surface area contributed by atoms with Gasteiger partial charge in [-0.2, -0.15) is 0 Å². The van der Waals surface area contributed by atoms with E-state index in [1.54, 1.807) is 18.9 Å². The summed E-state index contributed by atoms with van der Waals surface area (Å²) in [6, 6.07) is 7.65. The number of carbonyl (C=O) groups excluding carboxylic acids is 1. The van der Waals surface area contributed by atoms with E-state index < -0.39 is 0 Å². The van der Waals surface area contributed by atoms with E-state index in [9.17, 15) is 4.79 Å². The van der Waals surface area contributed by atoms with Crippen molar-refractivity contribution in [3.8, 4) is 0 Å². The minimum atomic E-state index is -0.0855.